The van der Waals surface area contributed by atoms with Crippen molar-refractivity contribution in [2.24, 2.45) is 0 Å². The maximum absolute atomic E-state index is 9.49. The van der Waals surface area contributed by atoms with E-state index in [0.717, 1.165) is 21.5 Å². The van der Waals surface area contributed by atoms with Gasteiger partial charge in [-0.25, -0.2) is 0 Å². The Labute approximate surface area is 134 Å². The Morgan fingerprint density at radius 2 is 1.95 bits per heavy atom. The summed E-state index contributed by atoms with van der Waals surface area (Å²) in [5, 5.41) is 11.3. The molecule has 3 rings (SSSR count). The highest BCUT2D eigenvalue weighted by Gasteiger charge is 2.13. The summed E-state index contributed by atoms with van der Waals surface area (Å²) in [7, 11) is 0. The minimum absolute atomic E-state index is 0.199. The quantitative estimate of drug-likeness (QED) is 0.721. The summed E-state index contributed by atoms with van der Waals surface area (Å²) < 4.78 is 7.96. The largest absolute Gasteiger partial charge is 0.508 e. The van der Waals surface area contributed by atoms with Crippen LogP contribution in [-0.4, -0.2) is 9.67 Å². The predicted molar refractivity (Wildman–Crippen MR) is 89.8 cm³/mol. The Bertz CT molecular complexity index is 808. The lowest BCUT2D eigenvalue weighted by molar-refractivity contribution is 0.305. The molecule has 22 heavy (non-hydrogen) atoms. The summed E-state index contributed by atoms with van der Waals surface area (Å²) in [6.07, 6.45) is 2.09. The third-order valence-corrected chi connectivity index (χ3v) is 3.96. The van der Waals surface area contributed by atoms with Crippen LogP contribution in [0.15, 0.2) is 48.7 Å². The molecule has 0 aliphatic rings. The van der Waals surface area contributed by atoms with E-state index in [-0.39, 0.29) is 5.75 Å². The fourth-order valence-electron chi connectivity index (χ4n) is 2.60. The molecule has 114 valence electrons. The van der Waals surface area contributed by atoms with Crippen LogP contribution in [0.25, 0.3) is 10.9 Å². The van der Waals surface area contributed by atoms with Crippen molar-refractivity contribution >= 4 is 22.5 Å². The molecular formula is C18H18ClNO2. The molecule has 3 aromatic rings. The van der Waals surface area contributed by atoms with Crippen molar-refractivity contribution < 1.29 is 9.84 Å². The molecule has 2 aromatic carbocycles. The molecule has 1 heterocycles. The molecule has 3 nitrogen and oxygen atoms in total. The molecule has 0 fully saturated rings. The molecule has 0 aliphatic carbocycles. The van der Waals surface area contributed by atoms with E-state index in [9.17, 15) is 5.11 Å². The second kappa shape index (κ2) is 5.93. The summed E-state index contributed by atoms with van der Waals surface area (Å²) in [6, 6.07) is 13.0. The van der Waals surface area contributed by atoms with Crippen LogP contribution in [0.3, 0.4) is 0 Å². The summed E-state index contributed by atoms with van der Waals surface area (Å²) in [5.41, 5.74) is 2.11. The molecule has 0 atom stereocenters. The molecule has 0 saturated carbocycles. The van der Waals surface area contributed by atoms with Gasteiger partial charge in [-0.15, -0.1) is 0 Å². The number of aromatic hydroxyl groups is 1. The maximum atomic E-state index is 9.49. The van der Waals surface area contributed by atoms with Gasteiger partial charge >= 0.3 is 0 Å². The highest BCUT2D eigenvalue weighted by molar-refractivity contribution is 6.35. The average Bonchev–Trinajstić information content (AvgIpc) is 2.86. The highest BCUT2D eigenvalue weighted by Crippen LogP contribution is 2.31. The van der Waals surface area contributed by atoms with Gasteiger partial charge in [-0.3, -0.25) is 0 Å². The molecule has 1 N–H and O–H groups in total. The van der Waals surface area contributed by atoms with E-state index in [2.05, 4.69) is 30.7 Å². The second-order valence-electron chi connectivity index (χ2n) is 5.58. The zero-order valence-electron chi connectivity index (χ0n) is 12.6. The summed E-state index contributed by atoms with van der Waals surface area (Å²) in [6.45, 7) is 4.69. The van der Waals surface area contributed by atoms with E-state index >= 15 is 0 Å². The molecule has 4 heteroatoms. The first-order valence-electron chi connectivity index (χ1n) is 7.26. The fourth-order valence-corrected chi connectivity index (χ4v) is 2.87. The van der Waals surface area contributed by atoms with Gasteiger partial charge in [-0.1, -0.05) is 29.8 Å². The number of benzene rings is 2. The number of ether oxygens (including phenoxy) is 1. The molecule has 0 saturated heterocycles. The van der Waals surface area contributed by atoms with Crippen LogP contribution in [0.5, 0.6) is 11.5 Å². The topological polar surface area (TPSA) is 34.4 Å². The average molecular weight is 316 g/mol. The second-order valence-corrected chi connectivity index (χ2v) is 5.98. The van der Waals surface area contributed by atoms with E-state index in [1.54, 1.807) is 18.2 Å². The number of hydrogen-bond acceptors (Lipinski definition) is 2. The molecule has 1 aromatic heterocycles. The van der Waals surface area contributed by atoms with Crippen LogP contribution < -0.4 is 4.74 Å². The summed E-state index contributed by atoms with van der Waals surface area (Å²) in [5.74, 6) is 0.845. The number of para-hydroxylation sites is 1. The zero-order valence-corrected chi connectivity index (χ0v) is 13.3. The van der Waals surface area contributed by atoms with Crippen molar-refractivity contribution in [2.75, 3.05) is 0 Å². The van der Waals surface area contributed by atoms with Gasteiger partial charge in [0.2, 0.25) is 0 Å². The van der Waals surface area contributed by atoms with Crippen molar-refractivity contribution in [1.29, 1.82) is 0 Å². The van der Waals surface area contributed by atoms with E-state index in [1.807, 2.05) is 18.2 Å². The Morgan fingerprint density at radius 1 is 1.18 bits per heavy atom. The van der Waals surface area contributed by atoms with Crippen molar-refractivity contribution in [2.45, 2.75) is 26.5 Å². The zero-order chi connectivity index (χ0) is 15.7. The van der Waals surface area contributed by atoms with Gasteiger partial charge in [0.1, 0.15) is 18.1 Å². The van der Waals surface area contributed by atoms with Crippen LogP contribution in [-0.2, 0) is 6.61 Å². The monoisotopic (exact) mass is 315 g/mol. The molecule has 0 radical (unpaired) electrons. The molecule has 0 bridgehead atoms. The first-order valence-corrected chi connectivity index (χ1v) is 7.64. The molecular weight excluding hydrogens is 298 g/mol. The van der Waals surface area contributed by atoms with Crippen LogP contribution in [0.1, 0.15) is 25.5 Å². The van der Waals surface area contributed by atoms with E-state index in [4.69, 9.17) is 16.3 Å². The van der Waals surface area contributed by atoms with E-state index in [1.165, 1.54) is 0 Å². The molecule has 0 aliphatic heterocycles. The molecule has 0 amide bonds. The van der Waals surface area contributed by atoms with Crippen LogP contribution in [0.2, 0.25) is 5.02 Å². The summed E-state index contributed by atoms with van der Waals surface area (Å²) in [4.78, 5) is 0. The van der Waals surface area contributed by atoms with Crippen molar-refractivity contribution in [3.8, 4) is 11.5 Å². The van der Waals surface area contributed by atoms with Gasteiger partial charge in [0, 0.05) is 29.3 Å². The number of phenolic OH excluding ortho intramolecular Hbond substituents is 1. The number of halogens is 1. The number of rotatable bonds is 4. The highest BCUT2D eigenvalue weighted by atomic mass is 35.5. The lowest BCUT2D eigenvalue weighted by Crippen LogP contribution is -1.99. The lowest BCUT2D eigenvalue weighted by Gasteiger charge is -2.09. The minimum Gasteiger partial charge on any atom is -0.508 e. The van der Waals surface area contributed by atoms with Gasteiger partial charge in [0.15, 0.2) is 0 Å². The number of phenols is 1. The number of fused-ring (bicyclic) bond motifs is 1. The first kappa shape index (κ1) is 14.8. The van der Waals surface area contributed by atoms with Crippen LogP contribution >= 0.6 is 11.6 Å². The normalized spacial score (nSPS) is 11.3. The number of aromatic nitrogens is 1. The van der Waals surface area contributed by atoms with Gasteiger partial charge in [-0.2, -0.15) is 0 Å². The maximum Gasteiger partial charge on any atom is 0.123 e. The van der Waals surface area contributed by atoms with E-state index in [0.29, 0.717) is 18.4 Å². The van der Waals surface area contributed by atoms with Crippen molar-refractivity contribution in [3.05, 3.63) is 59.2 Å². The van der Waals surface area contributed by atoms with Crippen molar-refractivity contribution in [3.63, 3.8) is 0 Å². The SMILES string of the molecule is CC(C)n1cc(COc2cccc(O)c2)c2cccc(Cl)c21. The molecule has 0 unspecified atom stereocenters. The van der Waals surface area contributed by atoms with Crippen LogP contribution in [0, 0.1) is 0 Å². The Hall–Kier alpha value is -2.13. The Morgan fingerprint density at radius 3 is 2.68 bits per heavy atom. The molecule has 0 spiro atoms. The fraction of sp³-hybridized carbons (Fsp3) is 0.222. The summed E-state index contributed by atoms with van der Waals surface area (Å²) >= 11 is 6.36. The van der Waals surface area contributed by atoms with Gasteiger partial charge in [0.05, 0.1) is 10.5 Å². The van der Waals surface area contributed by atoms with Gasteiger partial charge in [0.25, 0.3) is 0 Å². The standard InChI is InChI=1S/C18H18ClNO2/c1-12(2)20-10-13(16-7-4-8-17(19)18(16)20)11-22-15-6-3-5-14(21)9-15/h3-10,12,21H,11H2,1-2H3. The Kier molecular flexibility index (Phi) is 3.99. The predicted octanol–water partition coefficient (Wildman–Crippen LogP) is 5.16. The van der Waals surface area contributed by atoms with E-state index < -0.39 is 0 Å². The first-order chi connectivity index (χ1) is 10.6. The third kappa shape index (κ3) is 2.77. The minimum atomic E-state index is 0.199. The van der Waals surface area contributed by atoms with Crippen LogP contribution in [0.4, 0.5) is 0 Å². The Balaban J connectivity index is 1.96. The van der Waals surface area contributed by atoms with Crippen molar-refractivity contribution in [1.82, 2.24) is 4.57 Å². The third-order valence-electron chi connectivity index (χ3n) is 3.65. The smallest absolute Gasteiger partial charge is 0.123 e. The number of hydrogen-bond donors (Lipinski definition) is 1. The number of nitrogens with zero attached hydrogens (tertiary/aromatic N) is 1. The van der Waals surface area contributed by atoms with Gasteiger partial charge in [-0.05, 0) is 32.0 Å². The van der Waals surface area contributed by atoms with Gasteiger partial charge < -0.3 is 14.4 Å². The lowest BCUT2D eigenvalue weighted by atomic mass is 10.2.